The van der Waals surface area contributed by atoms with Crippen molar-refractivity contribution < 1.29 is 25.2 Å². The van der Waals surface area contributed by atoms with E-state index in [9.17, 15) is 25.2 Å². The van der Waals surface area contributed by atoms with Crippen LogP contribution in [-0.4, -0.2) is 57.3 Å². The van der Waals surface area contributed by atoms with Gasteiger partial charge in [-0.05, 0) is 38.5 Å². The van der Waals surface area contributed by atoms with Gasteiger partial charge in [-0.25, -0.2) is 0 Å². The molecule has 6 nitrogen and oxygen atoms in total. The normalized spacial score (nSPS) is 14.3. The highest BCUT2D eigenvalue weighted by Crippen LogP contribution is 2.16. The van der Waals surface area contributed by atoms with Crippen molar-refractivity contribution in [1.29, 1.82) is 0 Å². The predicted molar refractivity (Wildman–Crippen MR) is 210 cm³/mol. The number of hydrogen-bond acceptors (Lipinski definition) is 5. The van der Waals surface area contributed by atoms with E-state index in [1.807, 2.05) is 0 Å². The van der Waals surface area contributed by atoms with Gasteiger partial charge in [0.2, 0.25) is 5.91 Å². The van der Waals surface area contributed by atoms with Crippen molar-refractivity contribution in [2.45, 2.75) is 250 Å². The van der Waals surface area contributed by atoms with Crippen LogP contribution in [0, 0.1) is 0 Å². The van der Waals surface area contributed by atoms with Crippen LogP contribution in [0.1, 0.15) is 226 Å². The van der Waals surface area contributed by atoms with Crippen LogP contribution >= 0.6 is 0 Å². The molecule has 0 aliphatic heterocycles. The van der Waals surface area contributed by atoms with Crippen molar-refractivity contribution in [2.75, 3.05) is 6.61 Å². The van der Waals surface area contributed by atoms with Crippen molar-refractivity contribution in [3.63, 3.8) is 0 Å². The first kappa shape index (κ1) is 48.0. The molecule has 292 valence electrons. The van der Waals surface area contributed by atoms with E-state index in [1.165, 1.54) is 148 Å². The molecule has 0 saturated heterocycles. The van der Waals surface area contributed by atoms with Gasteiger partial charge in [0.15, 0.2) is 0 Å². The largest absolute Gasteiger partial charge is 0.394 e. The van der Waals surface area contributed by atoms with Gasteiger partial charge in [-0.1, -0.05) is 199 Å². The Balaban J connectivity index is 3.75. The molecule has 0 saturated carbocycles. The zero-order chi connectivity index (χ0) is 36.0. The Hall–Kier alpha value is -0.950. The summed E-state index contributed by atoms with van der Waals surface area (Å²) >= 11 is 0. The number of aliphatic hydroxyl groups is 4. The molecule has 0 aliphatic carbocycles. The minimum atomic E-state index is -1.26. The summed E-state index contributed by atoms with van der Waals surface area (Å²) in [4.78, 5) is 12.5. The summed E-state index contributed by atoms with van der Waals surface area (Å²) in [5.74, 6) is -0.586. The van der Waals surface area contributed by atoms with Crippen LogP contribution in [0.2, 0.25) is 0 Å². The molecule has 4 unspecified atom stereocenters. The maximum absolute atomic E-state index is 12.5. The van der Waals surface area contributed by atoms with Gasteiger partial charge in [0, 0.05) is 0 Å². The average Bonchev–Trinajstić information content (AvgIpc) is 3.11. The lowest BCUT2D eigenvalue weighted by Gasteiger charge is -2.27. The maximum atomic E-state index is 12.5. The van der Waals surface area contributed by atoms with E-state index in [-0.39, 0.29) is 0 Å². The van der Waals surface area contributed by atoms with Crippen molar-refractivity contribution in [2.24, 2.45) is 0 Å². The standard InChI is InChI=1S/C43H85NO5/c1-3-5-7-9-11-13-15-17-19-21-23-25-27-29-31-33-35-37-41(47)43(49)44-39(38-45)42(48)40(46)36-34-32-30-28-26-24-22-20-18-16-14-12-10-8-6-4-2/h22,24,39-42,45-48H,3-21,23,25-38H2,1-2H3,(H,44,49). The Morgan fingerprint density at radius 3 is 1.18 bits per heavy atom. The molecule has 0 heterocycles. The van der Waals surface area contributed by atoms with E-state index in [0.29, 0.717) is 12.8 Å². The number of rotatable bonds is 39. The van der Waals surface area contributed by atoms with E-state index < -0.39 is 36.9 Å². The Bertz CT molecular complexity index is 702. The second kappa shape index (κ2) is 38.3. The number of nitrogens with one attached hydrogen (secondary N) is 1. The third-order valence-electron chi connectivity index (χ3n) is 10.2. The van der Waals surface area contributed by atoms with Crippen LogP contribution in [0.25, 0.3) is 0 Å². The van der Waals surface area contributed by atoms with E-state index in [1.54, 1.807) is 0 Å². The number of unbranched alkanes of at least 4 members (excludes halogenated alkanes) is 28. The first-order valence-electron chi connectivity index (χ1n) is 21.6. The van der Waals surface area contributed by atoms with Crippen LogP contribution in [0.4, 0.5) is 0 Å². The maximum Gasteiger partial charge on any atom is 0.249 e. The average molecular weight is 696 g/mol. The summed E-state index contributed by atoms with van der Waals surface area (Å²) in [5.41, 5.74) is 0. The number of amides is 1. The smallest absolute Gasteiger partial charge is 0.249 e. The molecule has 0 radical (unpaired) electrons. The van der Waals surface area contributed by atoms with E-state index in [2.05, 4.69) is 31.3 Å². The van der Waals surface area contributed by atoms with Gasteiger partial charge < -0.3 is 25.7 Å². The van der Waals surface area contributed by atoms with Crippen LogP contribution in [0.3, 0.4) is 0 Å². The van der Waals surface area contributed by atoms with Crippen LogP contribution in [0.15, 0.2) is 12.2 Å². The third-order valence-corrected chi connectivity index (χ3v) is 10.2. The summed E-state index contributed by atoms with van der Waals surface area (Å²) in [5, 5.41) is 43.6. The Kier molecular flexibility index (Phi) is 37.5. The molecular formula is C43H85NO5. The summed E-state index contributed by atoms with van der Waals surface area (Å²) in [6, 6.07) is -0.987. The Labute approximate surface area is 304 Å². The number of carbonyl (C=O) groups is 1. The van der Waals surface area contributed by atoms with Gasteiger partial charge in [-0.3, -0.25) is 4.79 Å². The van der Waals surface area contributed by atoms with E-state index in [4.69, 9.17) is 0 Å². The zero-order valence-electron chi connectivity index (χ0n) is 32.7. The molecule has 0 aromatic rings. The minimum Gasteiger partial charge on any atom is -0.394 e. The fourth-order valence-electron chi connectivity index (χ4n) is 6.75. The second-order valence-corrected chi connectivity index (χ2v) is 15.0. The molecule has 4 atom stereocenters. The number of hydrogen-bond donors (Lipinski definition) is 5. The van der Waals surface area contributed by atoms with Crippen LogP contribution in [0.5, 0.6) is 0 Å². The summed E-state index contributed by atoms with van der Waals surface area (Å²) in [7, 11) is 0. The SMILES string of the molecule is CCCCCCCCCCC=CCCCCCCC(O)C(O)C(CO)NC(=O)C(O)CCCCCCCCCCCCCCCCCCC. The van der Waals surface area contributed by atoms with E-state index in [0.717, 1.165) is 51.4 Å². The fraction of sp³-hybridized carbons (Fsp3) is 0.930. The van der Waals surface area contributed by atoms with Gasteiger partial charge in [0.05, 0.1) is 18.8 Å². The van der Waals surface area contributed by atoms with Crippen molar-refractivity contribution in [3.05, 3.63) is 12.2 Å². The van der Waals surface area contributed by atoms with Crippen LogP contribution < -0.4 is 5.32 Å². The van der Waals surface area contributed by atoms with Gasteiger partial charge >= 0.3 is 0 Å². The molecule has 0 fully saturated rings. The first-order chi connectivity index (χ1) is 24.0. The molecule has 0 aromatic carbocycles. The topological polar surface area (TPSA) is 110 Å². The van der Waals surface area contributed by atoms with E-state index >= 15 is 0 Å². The quantitative estimate of drug-likeness (QED) is 0.0325. The lowest BCUT2D eigenvalue weighted by molar-refractivity contribution is -0.132. The zero-order valence-corrected chi connectivity index (χ0v) is 32.7. The molecule has 6 heteroatoms. The van der Waals surface area contributed by atoms with Crippen molar-refractivity contribution >= 4 is 5.91 Å². The Morgan fingerprint density at radius 1 is 0.490 bits per heavy atom. The molecular weight excluding hydrogens is 610 g/mol. The minimum absolute atomic E-state index is 0.371. The molecule has 0 aliphatic rings. The van der Waals surface area contributed by atoms with Gasteiger partial charge in [0.1, 0.15) is 12.2 Å². The van der Waals surface area contributed by atoms with Crippen LogP contribution in [-0.2, 0) is 4.79 Å². The monoisotopic (exact) mass is 696 g/mol. The van der Waals surface area contributed by atoms with Gasteiger partial charge in [-0.2, -0.15) is 0 Å². The number of carbonyl (C=O) groups excluding carboxylic acids is 1. The fourth-order valence-corrected chi connectivity index (χ4v) is 6.75. The molecule has 0 spiro atoms. The molecule has 0 bridgehead atoms. The summed E-state index contributed by atoms with van der Waals surface area (Å²) < 4.78 is 0. The molecule has 0 rings (SSSR count). The van der Waals surface area contributed by atoms with Gasteiger partial charge in [-0.15, -0.1) is 0 Å². The van der Waals surface area contributed by atoms with Crippen molar-refractivity contribution in [3.8, 4) is 0 Å². The highest BCUT2D eigenvalue weighted by atomic mass is 16.3. The van der Waals surface area contributed by atoms with Crippen molar-refractivity contribution in [1.82, 2.24) is 5.32 Å². The summed E-state index contributed by atoms with van der Waals surface area (Å²) in [6.07, 6.45) is 40.9. The molecule has 5 N–H and O–H groups in total. The number of aliphatic hydroxyl groups excluding tert-OH is 4. The first-order valence-corrected chi connectivity index (χ1v) is 21.6. The molecule has 0 aromatic heterocycles. The van der Waals surface area contributed by atoms with Gasteiger partial charge in [0.25, 0.3) is 0 Å². The highest BCUT2D eigenvalue weighted by molar-refractivity contribution is 5.80. The predicted octanol–water partition coefficient (Wildman–Crippen LogP) is 11.0. The second-order valence-electron chi connectivity index (χ2n) is 15.0. The molecule has 1 amide bonds. The third kappa shape index (κ3) is 32.7. The number of allylic oxidation sites excluding steroid dienone is 2. The molecule has 49 heavy (non-hydrogen) atoms. The summed E-state index contributed by atoms with van der Waals surface area (Å²) in [6.45, 7) is 4.05. The lowest BCUT2D eigenvalue weighted by Crippen LogP contribution is -2.53. The highest BCUT2D eigenvalue weighted by Gasteiger charge is 2.28. The Morgan fingerprint density at radius 2 is 0.816 bits per heavy atom. The lowest BCUT2D eigenvalue weighted by atomic mass is 9.99.